The summed E-state index contributed by atoms with van der Waals surface area (Å²) in [5, 5.41) is 0. The van der Waals surface area contributed by atoms with Gasteiger partial charge in [-0.2, -0.15) is 0 Å². The Labute approximate surface area is 88.3 Å². The lowest BCUT2D eigenvalue weighted by molar-refractivity contribution is -0.161. The van der Waals surface area contributed by atoms with E-state index in [0.29, 0.717) is 13.2 Å². The van der Waals surface area contributed by atoms with E-state index in [9.17, 15) is 9.59 Å². The lowest BCUT2D eigenvalue weighted by Crippen LogP contribution is -2.48. The zero-order valence-corrected chi connectivity index (χ0v) is 8.78. The first-order chi connectivity index (χ1) is 7.19. The summed E-state index contributed by atoms with van der Waals surface area (Å²) in [6.07, 6.45) is -0.689. The minimum atomic E-state index is -0.689. The lowest BCUT2D eigenvalue weighted by Gasteiger charge is -2.29. The smallest absolute Gasteiger partial charge is 0.336 e. The van der Waals surface area contributed by atoms with Crippen molar-refractivity contribution in [1.29, 1.82) is 0 Å². The highest BCUT2D eigenvalue weighted by molar-refractivity contribution is 5.93. The molecule has 0 aliphatic carbocycles. The Kier molecular flexibility index (Phi) is 4.13. The normalized spacial score (nSPS) is 20.1. The zero-order chi connectivity index (χ0) is 11.3. The summed E-state index contributed by atoms with van der Waals surface area (Å²) in [7, 11) is 1.29. The van der Waals surface area contributed by atoms with Crippen molar-refractivity contribution in [2.45, 2.75) is 13.0 Å². The van der Waals surface area contributed by atoms with Gasteiger partial charge in [0, 0.05) is 6.54 Å². The van der Waals surface area contributed by atoms with Gasteiger partial charge in [-0.15, -0.1) is 0 Å². The van der Waals surface area contributed by atoms with Crippen LogP contribution in [0.5, 0.6) is 0 Å². The highest BCUT2D eigenvalue weighted by Crippen LogP contribution is 2.06. The minimum absolute atomic E-state index is 0.209. The number of hydrogen-bond donors (Lipinski definition) is 0. The maximum absolute atomic E-state index is 11.4. The maximum atomic E-state index is 11.4. The van der Waals surface area contributed by atoms with Crippen LogP contribution in [0.3, 0.4) is 0 Å². The van der Waals surface area contributed by atoms with Gasteiger partial charge in [0.05, 0.1) is 20.3 Å². The number of nitrogens with zero attached hydrogens (tertiary/aromatic N) is 1. The summed E-state index contributed by atoms with van der Waals surface area (Å²) in [6, 6.07) is 0. The maximum Gasteiger partial charge on any atom is 0.336 e. The van der Waals surface area contributed by atoms with Crippen molar-refractivity contribution in [2.75, 3.05) is 26.8 Å². The third kappa shape index (κ3) is 2.96. The zero-order valence-electron chi connectivity index (χ0n) is 8.78. The number of ether oxygens (including phenoxy) is 2. The standard InChI is InChI=1S/C10H13NO4/c1-3-4-9(12)11-5-6-15-8(7-11)10(13)14-2/h8H,5-7H2,1-2H3. The van der Waals surface area contributed by atoms with Crippen LogP contribution in [0, 0.1) is 11.8 Å². The quantitative estimate of drug-likeness (QED) is 0.429. The molecule has 15 heavy (non-hydrogen) atoms. The van der Waals surface area contributed by atoms with Gasteiger partial charge in [0.2, 0.25) is 0 Å². The summed E-state index contributed by atoms with van der Waals surface area (Å²) >= 11 is 0. The van der Waals surface area contributed by atoms with E-state index >= 15 is 0 Å². The average Bonchev–Trinajstić information content (AvgIpc) is 2.28. The van der Waals surface area contributed by atoms with Crippen LogP contribution in [0.25, 0.3) is 0 Å². The fourth-order valence-electron chi connectivity index (χ4n) is 1.29. The SMILES string of the molecule is CC#CC(=O)N1CCOC(C(=O)OC)C1. The van der Waals surface area contributed by atoms with E-state index in [2.05, 4.69) is 16.6 Å². The fourth-order valence-corrected chi connectivity index (χ4v) is 1.29. The van der Waals surface area contributed by atoms with Crippen molar-refractivity contribution < 1.29 is 19.1 Å². The van der Waals surface area contributed by atoms with Crippen LogP contribution in [0.4, 0.5) is 0 Å². The molecule has 1 aliphatic heterocycles. The molecule has 0 bridgehead atoms. The Morgan fingerprint density at radius 1 is 1.53 bits per heavy atom. The van der Waals surface area contributed by atoms with Gasteiger partial charge < -0.3 is 14.4 Å². The molecular formula is C10H13NO4. The van der Waals surface area contributed by atoms with Crippen LogP contribution in [-0.4, -0.2) is 49.7 Å². The molecule has 1 rings (SSSR count). The number of morpholine rings is 1. The first-order valence-corrected chi connectivity index (χ1v) is 4.60. The minimum Gasteiger partial charge on any atom is -0.467 e. The van der Waals surface area contributed by atoms with E-state index in [1.807, 2.05) is 0 Å². The first-order valence-electron chi connectivity index (χ1n) is 4.60. The van der Waals surface area contributed by atoms with Gasteiger partial charge in [-0.25, -0.2) is 4.79 Å². The third-order valence-corrected chi connectivity index (χ3v) is 2.05. The van der Waals surface area contributed by atoms with Crippen LogP contribution in [0.1, 0.15) is 6.92 Å². The molecule has 1 aliphatic rings. The van der Waals surface area contributed by atoms with Gasteiger partial charge >= 0.3 is 5.97 Å². The summed E-state index contributed by atoms with van der Waals surface area (Å²) in [5.41, 5.74) is 0. The molecule has 0 N–H and O–H groups in total. The second kappa shape index (κ2) is 5.37. The predicted octanol–water partition coefficient (Wildman–Crippen LogP) is -0.590. The van der Waals surface area contributed by atoms with Gasteiger partial charge in [-0.3, -0.25) is 4.79 Å². The van der Waals surface area contributed by atoms with Crippen LogP contribution < -0.4 is 0 Å². The first kappa shape index (κ1) is 11.5. The molecule has 1 atom stereocenters. The molecule has 1 saturated heterocycles. The molecule has 1 amide bonds. The second-order valence-corrected chi connectivity index (χ2v) is 3.01. The summed E-state index contributed by atoms with van der Waals surface area (Å²) in [6.45, 7) is 2.59. The van der Waals surface area contributed by atoms with Gasteiger partial charge in [0.25, 0.3) is 5.91 Å². The van der Waals surface area contributed by atoms with Gasteiger partial charge in [0.15, 0.2) is 6.10 Å². The van der Waals surface area contributed by atoms with Crippen LogP contribution in [0.15, 0.2) is 0 Å². The number of rotatable bonds is 1. The fraction of sp³-hybridized carbons (Fsp3) is 0.600. The molecule has 82 valence electrons. The Morgan fingerprint density at radius 3 is 2.87 bits per heavy atom. The number of amides is 1. The molecule has 1 fully saturated rings. The summed E-state index contributed by atoms with van der Waals surface area (Å²) < 4.78 is 9.71. The molecule has 5 heteroatoms. The van der Waals surface area contributed by atoms with E-state index in [0.717, 1.165) is 0 Å². The Hall–Kier alpha value is -1.54. The largest absolute Gasteiger partial charge is 0.467 e. The van der Waals surface area contributed by atoms with Crippen LogP contribution in [-0.2, 0) is 19.1 Å². The highest BCUT2D eigenvalue weighted by atomic mass is 16.6. The van der Waals surface area contributed by atoms with Crippen molar-refractivity contribution >= 4 is 11.9 Å². The van der Waals surface area contributed by atoms with E-state index < -0.39 is 12.1 Å². The molecule has 1 heterocycles. The second-order valence-electron chi connectivity index (χ2n) is 3.01. The molecule has 0 aromatic carbocycles. The highest BCUT2D eigenvalue weighted by Gasteiger charge is 2.29. The number of carbonyl (C=O) groups excluding carboxylic acids is 2. The molecule has 5 nitrogen and oxygen atoms in total. The van der Waals surface area contributed by atoms with Crippen LogP contribution >= 0.6 is 0 Å². The predicted molar refractivity (Wildman–Crippen MR) is 51.8 cm³/mol. The summed E-state index contributed by atoms with van der Waals surface area (Å²) in [4.78, 5) is 24.1. The molecule has 0 aromatic rings. The van der Waals surface area contributed by atoms with E-state index in [4.69, 9.17) is 4.74 Å². The van der Waals surface area contributed by atoms with Gasteiger partial charge in [0.1, 0.15) is 0 Å². The number of hydrogen-bond acceptors (Lipinski definition) is 4. The molecule has 0 spiro atoms. The van der Waals surface area contributed by atoms with Crippen molar-refractivity contribution in [3.05, 3.63) is 0 Å². The van der Waals surface area contributed by atoms with Crippen molar-refractivity contribution in [3.63, 3.8) is 0 Å². The molecule has 1 unspecified atom stereocenters. The molecule has 0 saturated carbocycles. The van der Waals surface area contributed by atoms with E-state index in [1.54, 1.807) is 6.92 Å². The third-order valence-electron chi connectivity index (χ3n) is 2.05. The molecule has 0 aromatic heterocycles. The van der Waals surface area contributed by atoms with Crippen molar-refractivity contribution in [1.82, 2.24) is 4.90 Å². The monoisotopic (exact) mass is 211 g/mol. The molecule has 0 radical (unpaired) electrons. The van der Waals surface area contributed by atoms with Crippen molar-refractivity contribution in [2.24, 2.45) is 0 Å². The molecular weight excluding hydrogens is 198 g/mol. The Morgan fingerprint density at radius 2 is 2.27 bits per heavy atom. The summed E-state index contributed by atoms with van der Waals surface area (Å²) in [5.74, 6) is 4.20. The van der Waals surface area contributed by atoms with E-state index in [-0.39, 0.29) is 12.5 Å². The van der Waals surface area contributed by atoms with Crippen LogP contribution in [0.2, 0.25) is 0 Å². The number of methoxy groups -OCH3 is 1. The Bertz CT molecular complexity index is 315. The topological polar surface area (TPSA) is 55.8 Å². The lowest BCUT2D eigenvalue weighted by atomic mass is 10.2. The average molecular weight is 211 g/mol. The van der Waals surface area contributed by atoms with Gasteiger partial charge in [-0.1, -0.05) is 5.92 Å². The number of esters is 1. The van der Waals surface area contributed by atoms with E-state index in [1.165, 1.54) is 12.0 Å². The van der Waals surface area contributed by atoms with Crippen molar-refractivity contribution in [3.8, 4) is 11.8 Å². The Balaban J connectivity index is 2.58. The number of carbonyl (C=O) groups is 2. The van der Waals surface area contributed by atoms with Gasteiger partial charge in [-0.05, 0) is 12.8 Å².